The summed E-state index contributed by atoms with van der Waals surface area (Å²) in [5.74, 6) is 2.21. The standard InChI is InChI=1S/C18H17N9O/c1-13-20-6-7-26(13)17-8-14(4-5-21-17)9-23-18(28)25-15-2-3-16(22-10-15)27-12-19-11-24-27/h2-8,10-12H,9H2,1H3,(H2,23,25,28). The Bertz CT molecular complexity index is 1070. The maximum absolute atomic E-state index is 12.2. The van der Waals surface area contributed by atoms with Crippen molar-refractivity contribution < 1.29 is 4.79 Å². The van der Waals surface area contributed by atoms with Gasteiger partial charge in [0.15, 0.2) is 5.82 Å². The lowest BCUT2D eigenvalue weighted by atomic mass is 10.2. The summed E-state index contributed by atoms with van der Waals surface area (Å²) in [6.07, 6.45) is 9.81. The van der Waals surface area contributed by atoms with E-state index in [-0.39, 0.29) is 6.03 Å². The first-order valence-corrected chi connectivity index (χ1v) is 8.50. The molecule has 0 aliphatic rings. The maximum Gasteiger partial charge on any atom is 0.319 e. The Morgan fingerprint density at radius 3 is 2.75 bits per heavy atom. The molecule has 4 aromatic heterocycles. The molecule has 0 aromatic carbocycles. The van der Waals surface area contributed by atoms with E-state index >= 15 is 0 Å². The number of pyridine rings is 2. The number of imidazole rings is 1. The Kier molecular flexibility index (Phi) is 4.74. The highest BCUT2D eigenvalue weighted by molar-refractivity contribution is 5.89. The number of carbonyl (C=O) groups excluding carboxylic acids is 1. The molecule has 4 rings (SSSR count). The molecule has 4 heterocycles. The Hall–Kier alpha value is -4.08. The highest BCUT2D eigenvalue weighted by atomic mass is 16.2. The smallest absolute Gasteiger partial charge is 0.319 e. The second-order valence-corrected chi connectivity index (χ2v) is 5.92. The van der Waals surface area contributed by atoms with Gasteiger partial charge in [-0.2, -0.15) is 5.10 Å². The van der Waals surface area contributed by atoms with Gasteiger partial charge in [0.2, 0.25) is 0 Å². The minimum atomic E-state index is -0.326. The van der Waals surface area contributed by atoms with Gasteiger partial charge in [0.1, 0.15) is 24.3 Å². The van der Waals surface area contributed by atoms with E-state index in [1.165, 1.54) is 11.0 Å². The van der Waals surface area contributed by atoms with Crippen molar-refractivity contribution in [3.05, 3.63) is 73.1 Å². The van der Waals surface area contributed by atoms with Gasteiger partial charge in [0.25, 0.3) is 0 Å². The van der Waals surface area contributed by atoms with Crippen LogP contribution in [-0.2, 0) is 6.54 Å². The van der Waals surface area contributed by atoms with Crippen LogP contribution in [0.25, 0.3) is 11.6 Å². The number of nitrogens with zero attached hydrogens (tertiary/aromatic N) is 7. The van der Waals surface area contributed by atoms with Crippen LogP contribution >= 0.6 is 0 Å². The highest BCUT2D eigenvalue weighted by Gasteiger charge is 2.06. The number of aryl methyl sites for hydroxylation is 1. The largest absolute Gasteiger partial charge is 0.334 e. The third-order valence-corrected chi connectivity index (χ3v) is 3.99. The second kappa shape index (κ2) is 7.66. The third-order valence-electron chi connectivity index (χ3n) is 3.99. The van der Waals surface area contributed by atoms with Gasteiger partial charge in [0.05, 0.1) is 11.9 Å². The maximum atomic E-state index is 12.2. The summed E-state index contributed by atoms with van der Waals surface area (Å²) >= 11 is 0. The van der Waals surface area contributed by atoms with E-state index in [1.807, 2.05) is 29.8 Å². The number of anilines is 1. The van der Waals surface area contributed by atoms with Gasteiger partial charge in [-0.25, -0.2) is 29.4 Å². The zero-order valence-corrected chi connectivity index (χ0v) is 15.0. The molecule has 2 amide bonds. The van der Waals surface area contributed by atoms with Gasteiger partial charge in [0, 0.05) is 25.1 Å². The molecule has 10 nitrogen and oxygen atoms in total. The summed E-state index contributed by atoms with van der Waals surface area (Å²) in [4.78, 5) is 28.8. The number of nitrogens with one attached hydrogen (secondary N) is 2. The molecule has 0 saturated carbocycles. The number of hydrogen-bond acceptors (Lipinski definition) is 6. The molecule has 10 heteroatoms. The second-order valence-electron chi connectivity index (χ2n) is 5.92. The molecule has 0 atom stereocenters. The van der Waals surface area contributed by atoms with Crippen LogP contribution in [0.3, 0.4) is 0 Å². The van der Waals surface area contributed by atoms with Gasteiger partial charge in [-0.15, -0.1) is 0 Å². The van der Waals surface area contributed by atoms with Crippen LogP contribution in [0.4, 0.5) is 10.5 Å². The van der Waals surface area contributed by atoms with Crippen LogP contribution in [0.15, 0.2) is 61.7 Å². The lowest BCUT2D eigenvalue weighted by Gasteiger charge is -2.09. The van der Waals surface area contributed by atoms with Gasteiger partial charge in [-0.3, -0.25) is 4.57 Å². The van der Waals surface area contributed by atoms with E-state index < -0.39 is 0 Å². The minimum absolute atomic E-state index is 0.326. The van der Waals surface area contributed by atoms with Crippen LogP contribution in [0.5, 0.6) is 0 Å². The number of carbonyl (C=O) groups is 1. The average molecular weight is 375 g/mol. The monoisotopic (exact) mass is 375 g/mol. The third kappa shape index (κ3) is 3.85. The van der Waals surface area contributed by atoms with E-state index in [2.05, 4.69) is 35.7 Å². The van der Waals surface area contributed by atoms with Crippen LogP contribution in [0, 0.1) is 6.92 Å². The number of rotatable bonds is 5. The molecule has 0 aliphatic heterocycles. The lowest BCUT2D eigenvalue weighted by molar-refractivity contribution is 0.251. The highest BCUT2D eigenvalue weighted by Crippen LogP contribution is 2.11. The van der Waals surface area contributed by atoms with Gasteiger partial charge in [-0.1, -0.05) is 0 Å². The molecular weight excluding hydrogens is 358 g/mol. The number of amides is 2. The molecular formula is C18H17N9O. The fourth-order valence-corrected chi connectivity index (χ4v) is 2.60. The van der Waals surface area contributed by atoms with Crippen molar-refractivity contribution in [1.29, 1.82) is 0 Å². The van der Waals surface area contributed by atoms with Crippen molar-refractivity contribution in [1.82, 2.24) is 39.6 Å². The zero-order valence-electron chi connectivity index (χ0n) is 15.0. The number of hydrogen-bond donors (Lipinski definition) is 2. The lowest BCUT2D eigenvalue weighted by Crippen LogP contribution is -2.28. The van der Waals surface area contributed by atoms with Crippen LogP contribution in [-0.4, -0.2) is 40.3 Å². The molecule has 0 aliphatic carbocycles. The first kappa shape index (κ1) is 17.3. The van der Waals surface area contributed by atoms with Crippen LogP contribution in [0.1, 0.15) is 11.4 Å². The van der Waals surface area contributed by atoms with Crippen molar-refractivity contribution in [3.63, 3.8) is 0 Å². The zero-order chi connectivity index (χ0) is 19.3. The average Bonchev–Trinajstić information content (AvgIpc) is 3.39. The summed E-state index contributed by atoms with van der Waals surface area (Å²) in [7, 11) is 0. The molecule has 140 valence electrons. The SMILES string of the molecule is Cc1nccn1-c1cc(CNC(=O)Nc2ccc(-n3cncn3)nc2)ccn1. The minimum Gasteiger partial charge on any atom is -0.334 e. The van der Waals surface area contributed by atoms with Crippen LogP contribution < -0.4 is 10.6 Å². The topological polar surface area (TPSA) is 115 Å². The Balaban J connectivity index is 1.35. The summed E-state index contributed by atoms with van der Waals surface area (Å²) in [5, 5.41) is 9.57. The Morgan fingerprint density at radius 2 is 2.04 bits per heavy atom. The van der Waals surface area contributed by atoms with Crippen LogP contribution in [0.2, 0.25) is 0 Å². The number of urea groups is 1. The molecule has 0 unspecified atom stereocenters. The molecule has 28 heavy (non-hydrogen) atoms. The fraction of sp³-hybridized carbons (Fsp3) is 0.111. The van der Waals surface area contributed by atoms with E-state index in [1.54, 1.807) is 37.1 Å². The van der Waals surface area contributed by atoms with Crippen molar-refractivity contribution in [2.75, 3.05) is 5.32 Å². The molecule has 0 fully saturated rings. The van der Waals surface area contributed by atoms with Crippen molar-refractivity contribution in [2.24, 2.45) is 0 Å². The number of aromatic nitrogens is 7. The molecule has 2 N–H and O–H groups in total. The van der Waals surface area contributed by atoms with Crippen molar-refractivity contribution >= 4 is 11.7 Å². The Morgan fingerprint density at radius 1 is 1.11 bits per heavy atom. The predicted molar refractivity (Wildman–Crippen MR) is 101 cm³/mol. The van der Waals surface area contributed by atoms with Gasteiger partial charge >= 0.3 is 6.03 Å². The van der Waals surface area contributed by atoms with E-state index in [4.69, 9.17) is 0 Å². The van der Waals surface area contributed by atoms with Gasteiger partial charge in [-0.05, 0) is 36.8 Å². The quantitative estimate of drug-likeness (QED) is 0.550. The molecule has 4 aromatic rings. The fourth-order valence-electron chi connectivity index (χ4n) is 2.60. The molecule has 0 radical (unpaired) electrons. The first-order chi connectivity index (χ1) is 13.7. The molecule has 0 spiro atoms. The normalized spacial score (nSPS) is 10.6. The van der Waals surface area contributed by atoms with E-state index in [9.17, 15) is 4.79 Å². The summed E-state index contributed by atoms with van der Waals surface area (Å²) < 4.78 is 3.42. The van der Waals surface area contributed by atoms with Gasteiger partial charge < -0.3 is 10.6 Å². The summed E-state index contributed by atoms with van der Waals surface area (Å²) in [6, 6.07) is 6.92. The Labute approximate surface area is 160 Å². The predicted octanol–water partition coefficient (Wildman–Crippen LogP) is 1.87. The van der Waals surface area contributed by atoms with E-state index in [0.717, 1.165) is 17.2 Å². The van der Waals surface area contributed by atoms with Crippen molar-refractivity contribution in [2.45, 2.75) is 13.5 Å². The molecule has 0 bridgehead atoms. The van der Waals surface area contributed by atoms with E-state index in [0.29, 0.717) is 18.1 Å². The summed E-state index contributed by atoms with van der Waals surface area (Å²) in [6.45, 7) is 2.27. The first-order valence-electron chi connectivity index (χ1n) is 8.50. The molecule has 0 saturated heterocycles. The van der Waals surface area contributed by atoms with Crippen molar-refractivity contribution in [3.8, 4) is 11.6 Å². The summed E-state index contributed by atoms with van der Waals surface area (Å²) in [5.41, 5.74) is 1.50.